The van der Waals surface area contributed by atoms with E-state index in [0.29, 0.717) is 28.4 Å². The van der Waals surface area contributed by atoms with Crippen molar-refractivity contribution in [2.75, 3.05) is 17.8 Å². The van der Waals surface area contributed by atoms with E-state index in [9.17, 15) is 9.90 Å². The Bertz CT molecular complexity index is 685. The highest BCUT2D eigenvalue weighted by atomic mass is 16.7. The van der Waals surface area contributed by atoms with Crippen molar-refractivity contribution < 1.29 is 19.4 Å². The quantitative estimate of drug-likeness (QED) is 0.574. The number of carbonyl (C=O) groups is 1. The summed E-state index contributed by atoms with van der Waals surface area (Å²) in [6.07, 6.45) is 0. The fraction of sp³-hybridized carbons (Fsp3) is 0.0714. The molecule has 1 aliphatic rings. The maximum Gasteiger partial charge on any atom is 0.255 e. The van der Waals surface area contributed by atoms with E-state index in [1.54, 1.807) is 18.2 Å². The van der Waals surface area contributed by atoms with Crippen molar-refractivity contribution >= 4 is 17.3 Å². The van der Waals surface area contributed by atoms with Gasteiger partial charge in [-0.2, -0.15) is 0 Å². The van der Waals surface area contributed by atoms with Crippen molar-refractivity contribution in [3.05, 3.63) is 42.0 Å². The molecule has 0 aliphatic carbocycles. The van der Waals surface area contributed by atoms with Gasteiger partial charge in [-0.25, -0.2) is 0 Å². The van der Waals surface area contributed by atoms with Gasteiger partial charge in [0.15, 0.2) is 11.5 Å². The van der Waals surface area contributed by atoms with Crippen LogP contribution in [0.3, 0.4) is 0 Å². The van der Waals surface area contributed by atoms with Crippen molar-refractivity contribution in [2.45, 2.75) is 0 Å². The van der Waals surface area contributed by atoms with Crippen LogP contribution in [0.25, 0.3) is 0 Å². The van der Waals surface area contributed by atoms with Gasteiger partial charge in [0.05, 0.1) is 11.4 Å². The molecule has 6 nitrogen and oxygen atoms in total. The van der Waals surface area contributed by atoms with Crippen molar-refractivity contribution in [3.8, 4) is 17.2 Å². The largest absolute Gasteiger partial charge is 0.508 e. The van der Waals surface area contributed by atoms with Gasteiger partial charge in [-0.1, -0.05) is 0 Å². The normalized spacial score (nSPS) is 12.2. The summed E-state index contributed by atoms with van der Waals surface area (Å²) in [5, 5.41) is 11.9. The predicted octanol–water partition coefficient (Wildman–Crippen LogP) is 1.96. The minimum atomic E-state index is -0.319. The van der Waals surface area contributed by atoms with Gasteiger partial charge in [0, 0.05) is 11.6 Å². The van der Waals surface area contributed by atoms with Gasteiger partial charge in [-0.15, -0.1) is 0 Å². The third-order valence-electron chi connectivity index (χ3n) is 2.92. The van der Waals surface area contributed by atoms with Crippen molar-refractivity contribution in [3.63, 3.8) is 0 Å². The smallest absolute Gasteiger partial charge is 0.255 e. The first kappa shape index (κ1) is 12.2. The number of phenols is 1. The lowest BCUT2D eigenvalue weighted by Gasteiger charge is -2.08. The fourth-order valence-electron chi connectivity index (χ4n) is 1.90. The van der Waals surface area contributed by atoms with E-state index in [2.05, 4.69) is 5.32 Å². The minimum Gasteiger partial charge on any atom is -0.508 e. The van der Waals surface area contributed by atoms with E-state index in [-0.39, 0.29) is 18.4 Å². The number of ether oxygens (including phenoxy) is 2. The van der Waals surface area contributed by atoms with Crippen LogP contribution < -0.4 is 20.5 Å². The SMILES string of the molecule is Nc1cc(O)ccc1NC(=O)c1ccc2c(c1)OCO2. The topological polar surface area (TPSA) is 93.8 Å². The van der Waals surface area contributed by atoms with Gasteiger partial charge in [-0.3, -0.25) is 4.79 Å². The lowest BCUT2D eigenvalue weighted by molar-refractivity contribution is 0.102. The lowest BCUT2D eigenvalue weighted by atomic mass is 10.1. The Labute approximate surface area is 114 Å². The van der Waals surface area contributed by atoms with E-state index in [1.807, 2.05) is 0 Å². The van der Waals surface area contributed by atoms with E-state index in [4.69, 9.17) is 15.2 Å². The van der Waals surface area contributed by atoms with E-state index < -0.39 is 0 Å². The highest BCUT2D eigenvalue weighted by Crippen LogP contribution is 2.33. The first-order valence-electron chi connectivity index (χ1n) is 5.93. The summed E-state index contributed by atoms with van der Waals surface area (Å²) in [7, 11) is 0. The Morgan fingerprint density at radius 3 is 2.75 bits per heavy atom. The lowest BCUT2D eigenvalue weighted by Crippen LogP contribution is -2.13. The molecular formula is C14H12N2O4. The molecule has 102 valence electrons. The van der Waals surface area contributed by atoms with Crippen LogP contribution in [0.2, 0.25) is 0 Å². The standard InChI is InChI=1S/C14H12N2O4/c15-10-6-9(17)2-3-11(10)16-14(18)8-1-4-12-13(5-8)20-7-19-12/h1-6,17H,7,15H2,(H,16,18). The van der Waals surface area contributed by atoms with Crippen LogP contribution in [0.4, 0.5) is 11.4 Å². The maximum atomic E-state index is 12.1. The molecule has 2 aromatic rings. The molecule has 2 aromatic carbocycles. The molecule has 0 radical (unpaired) electrons. The van der Waals surface area contributed by atoms with Gasteiger partial charge in [0.1, 0.15) is 5.75 Å². The number of fused-ring (bicyclic) bond motifs is 1. The summed E-state index contributed by atoms with van der Waals surface area (Å²) in [6, 6.07) is 9.28. The van der Waals surface area contributed by atoms with E-state index >= 15 is 0 Å². The summed E-state index contributed by atoms with van der Waals surface area (Å²) in [5.41, 5.74) is 6.88. The molecule has 1 heterocycles. The number of nitrogen functional groups attached to an aromatic ring is 1. The van der Waals surface area contributed by atoms with Crippen LogP contribution in [0.15, 0.2) is 36.4 Å². The summed E-state index contributed by atoms with van der Waals surface area (Å²) in [4.78, 5) is 12.1. The Morgan fingerprint density at radius 2 is 1.95 bits per heavy atom. The highest BCUT2D eigenvalue weighted by molar-refractivity contribution is 6.06. The van der Waals surface area contributed by atoms with Crippen LogP contribution in [-0.2, 0) is 0 Å². The number of nitrogens with two attached hydrogens (primary N) is 1. The minimum absolute atomic E-state index is 0.0450. The number of phenolic OH excluding ortho intramolecular Hbond substituents is 1. The second kappa shape index (κ2) is 4.65. The van der Waals surface area contributed by atoms with Gasteiger partial charge in [-0.05, 0) is 30.3 Å². The zero-order valence-corrected chi connectivity index (χ0v) is 10.4. The third kappa shape index (κ3) is 2.18. The van der Waals surface area contributed by atoms with Crippen LogP contribution >= 0.6 is 0 Å². The Balaban J connectivity index is 1.82. The van der Waals surface area contributed by atoms with Gasteiger partial charge in [0.2, 0.25) is 6.79 Å². The van der Waals surface area contributed by atoms with Gasteiger partial charge in [0.25, 0.3) is 5.91 Å². The molecule has 4 N–H and O–H groups in total. The molecule has 20 heavy (non-hydrogen) atoms. The molecule has 0 bridgehead atoms. The van der Waals surface area contributed by atoms with Crippen molar-refractivity contribution in [2.24, 2.45) is 0 Å². The van der Waals surface area contributed by atoms with Crippen molar-refractivity contribution in [1.82, 2.24) is 0 Å². The number of benzene rings is 2. The number of nitrogens with one attached hydrogen (secondary N) is 1. The first-order valence-corrected chi connectivity index (χ1v) is 5.93. The predicted molar refractivity (Wildman–Crippen MR) is 73.0 cm³/mol. The van der Waals surface area contributed by atoms with Crippen LogP contribution in [0, 0.1) is 0 Å². The van der Waals surface area contributed by atoms with Crippen molar-refractivity contribution in [1.29, 1.82) is 0 Å². The maximum absolute atomic E-state index is 12.1. The number of rotatable bonds is 2. The first-order chi connectivity index (χ1) is 9.63. The molecule has 0 spiro atoms. The molecule has 1 amide bonds. The summed E-state index contributed by atoms with van der Waals surface area (Å²) < 4.78 is 10.4. The molecule has 1 aliphatic heterocycles. The third-order valence-corrected chi connectivity index (χ3v) is 2.92. The second-order valence-electron chi connectivity index (χ2n) is 4.29. The van der Waals surface area contributed by atoms with Crippen LogP contribution in [0.5, 0.6) is 17.2 Å². The zero-order valence-electron chi connectivity index (χ0n) is 10.4. The molecule has 0 saturated carbocycles. The molecule has 0 aromatic heterocycles. The number of aromatic hydroxyl groups is 1. The summed E-state index contributed by atoms with van der Waals surface area (Å²) in [6.45, 7) is 0.158. The Morgan fingerprint density at radius 1 is 1.15 bits per heavy atom. The van der Waals surface area contributed by atoms with Gasteiger partial charge < -0.3 is 25.6 Å². The Hall–Kier alpha value is -2.89. The number of carbonyl (C=O) groups excluding carboxylic acids is 1. The average molecular weight is 272 g/mol. The van der Waals surface area contributed by atoms with E-state index in [0.717, 1.165) is 0 Å². The summed E-state index contributed by atoms with van der Waals surface area (Å²) >= 11 is 0. The second-order valence-corrected chi connectivity index (χ2v) is 4.29. The van der Waals surface area contributed by atoms with Crippen LogP contribution in [-0.4, -0.2) is 17.8 Å². The van der Waals surface area contributed by atoms with E-state index in [1.165, 1.54) is 18.2 Å². The number of anilines is 2. The molecule has 0 atom stereocenters. The Kier molecular flexibility index (Phi) is 2.83. The molecule has 0 fully saturated rings. The molecular weight excluding hydrogens is 260 g/mol. The molecule has 3 rings (SSSR count). The monoisotopic (exact) mass is 272 g/mol. The fourth-order valence-corrected chi connectivity index (χ4v) is 1.90. The molecule has 6 heteroatoms. The number of hydrogen-bond donors (Lipinski definition) is 3. The number of hydrogen-bond acceptors (Lipinski definition) is 5. The van der Waals surface area contributed by atoms with Gasteiger partial charge >= 0.3 is 0 Å². The number of amides is 1. The molecule has 0 saturated heterocycles. The highest BCUT2D eigenvalue weighted by Gasteiger charge is 2.16. The summed E-state index contributed by atoms with van der Waals surface area (Å²) in [5.74, 6) is 0.881. The van der Waals surface area contributed by atoms with Crippen LogP contribution in [0.1, 0.15) is 10.4 Å². The zero-order chi connectivity index (χ0) is 14.1. The average Bonchev–Trinajstić information content (AvgIpc) is 2.89. The molecule has 0 unspecified atom stereocenters.